The molecular formula is C18H21N7. The van der Waals surface area contributed by atoms with Gasteiger partial charge >= 0.3 is 0 Å². The van der Waals surface area contributed by atoms with Crippen molar-refractivity contribution in [1.82, 2.24) is 9.97 Å². The van der Waals surface area contributed by atoms with E-state index in [1.54, 1.807) is 12.3 Å². The molecule has 128 valence electrons. The summed E-state index contributed by atoms with van der Waals surface area (Å²) in [5.41, 5.74) is 8.52. The molecule has 3 rings (SSSR count). The van der Waals surface area contributed by atoms with Gasteiger partial charge in [0.25, 0.3) is 0 Å². The van der Waals surface area contributed by atoms with Crippen molar-refractivity contribution in [2.75, 3.05) is 5.32 Å². The standard InChI is InChI=1S/C18H21N7/c19-9-7-12-1-5-14(6-2-12)23-18-22-10-8-17(25-18)24-16(21)11-15(20)13-3-4-13/h1-2,5-6,8-10,13,19-20H,3-4,7,11H2,(H3,21,22,23,24,25). The molecule has 0 saturated heterocycles. The number of nitrogens with two attached hydrogens (primary N) is 1. The van der Waals surface area contributed by atoms with Gasteiger partial charge in [0, 0.05) is 36.5 Å². The number of hydrogen-bond donors (Lipinski definition) is 4. The first-order chi connectivity index (χ1) is 12.1. The summed E-state index contributed by atoms with van der Waals surface area (Å²) in [5, 5.41) is 18.2. The third-order valence-electron chi connectivity index (χ3n) is 3.89. The molecule has 0 aliphatic heterocycles. The summed E-state index contributed by atoms with van der Waals surface area (Å²) in [6.07, 6.45) is 6.19. The first-order valence-corrected chi connectivity index (χ1v) is 8.22. The Hall–Kier alpha value is -3.09. The lowest BCUT2D eigenvalue weighted by Crippen LogP contribution is -2.17. The highest BCUT2D eigenvalue weighted by atomic mass is 15.1. The lowest BCUT2D eigenvalue weighted by Gasteiger charge is -2.06. The second-order valence-corrected chi connectivity index (χ2v) is 6.05. The van der Waals surface area contributed by atoms with Crippen LogP contribution in [-0.2, 0) is 6.42 Å². The lowest BCUT2D eigenvalue weighted by atomic mass is 10.1. The minimum absolute atomic E-state index is 0.395. The van der Waals surface area contributed by atoms with Crippen LogP contribution in [0.1, 0.15) is 24.8 Å². The van der Waals surface area contributed by atoms with Crippen LogP contribution in [0.15, 0.2) is 41.5 Å². The second-order valence-electron chi connectivity index (χ2n) is 6.05. The highest BCUT2D eigenvalue weighted by Crippen LogP contribution is 2.31. The van der Waals surface area contributed by atoms with Crippen LogP contribution in [0.25, 0.3) is 0 Å². The van der Waals surface area contributed by atoms with Gasteiger partial charge in [0.2, 0.25) is 5.95 Å². The molecule has 1 aliphatic rings. The van der Waals surface area contributed by atoms with Gasteiger partial charge in [0.15, 0.2) is 5.82 Å². The topological polar surface area (TPSA) is 124 Å². The van der Waals surface area contributed by atoms with Crippen LogP contribution >= 0.6 is 0 Å². The molecule has 0 amide bonds. The summed E-state index contributed by atoms with van der Waals surface area (Å²) in [6, 6.07) is 9.44. The number of nitrogens with one attached hydrogen (secondary N) is 3. The normalized spacial score (nSPS) is 14.2. The van der Waals surface area contributed by atoms with E-state index in [4.69, 9.17) is 16.6 Å². The lowest BCUT2D eigenvalue weighted by molar-refractivity contribution is 1.11. The van der Waals surface area contributed by atoms with Crippen molar-refractivity contribution in [2.24, 2.45) is 16.6 Å². The van der Waals surface area contributed by atoms with E-state index in [1.807, 2.05) is 24.3 Å². The molecule has 1 heterocycles. The monoisotopic (exact) mass is 335 g/mol. The van der Waals surface area contributed by atoms with Crippen LogP contribution in [0.5, 0.6) is 0 Å². The van der Waals surface area contributed by atoms with E-state index in [0.29, 0.717) is 42.1 Å². The van der Waals surface area contributed by atoms with E-state index in [9.17, 15) is 0 Å². The van der Waals surface area contributed by atoms with Crippen molar-refractivity contribution < 1.29 is 0 Å². The zero-order valence-electron chi connectivity index (χ0n) is 13.9. The average Bonchev–Trinajstić information content (AvgIpc) is 3.42. The van der Waals surface area contributed by atoms with Gasteiger partial charge in [0.05, 0.1) is 0 Å². The molecule has 1 saturated carbocycles. The fraction of sp³-hybridized carbons (Fsp3) is 0.278. The van der Waals surface area contributed by atoms with Crippen LogP contribution in [0.2, 0.25) is 0 Å². The van der Waals surface area contributed by atoms with Crippen LogP contribution in [0, 0.1) is 16.7 Å². The number of aliphatic imine (C=N–C) groups is 1. The Bertz CT molecular complexity index is 791. The maximum absolute atomic E-state index is 7.92. The number of anilines is 2. The molecule has 7 nitrogen and oxygen atoms in total. The fourth-order valence-electron chi connectivity index (χ4n) is 2.40. The zero-order valence-corrected chi connectivity index (χ0v) is 13.9. The maximum atomic E-state index is 7.92. The van der Waals surface area contributed by atoms with Gasteiger partial charge in [-0.2, -0.15) is 4.98 Å². The zero-order chi connectivity index (χ0) is 17.6. The Morgan fingerprint density at radius 3 is 2.72 bits per heavy atom. The predicted octanol–water partition coefficient (Wildman–Crippen LogP) is 3.22. The minimum Gasteiger partial charge on any atom is -0.387 e. The molecule has 0 spiro atoms. The van der Waals surface area contributed by atoms with Gasteiger partial charge < -0.3 is 21.9 Å². The molecule has 7 heteroatoms. The Kier molecular flexibility index (Phi) is 5.13. The molecule has 5 N–H and O–H groups in total. The molecular weight excluding hydrogens is 314 g/mol. The van der Waals surface area contributed by atoms with Crippen molar-refractivity contribution >= 4 is 35.2 Å². The summed E-state index contributed by atoms with van der Waals surface area (Å²) >= 11 is 0. The summed E-state index contributed by atoms with van der Waals surface area (Å²) in [5.74, 6) is 1.70. The number of aromatic nitrogens is 2. The molecule has 0 unspecified atom stereocenters. The van der Waals surface area contributed by atoms with E-state index in [1.165, 1.54) is 6.21 Å². The average molecular weight is 335 g/mol. The van der Waals surface area contributed by atoms with Crippen molar-refractivity contribution in [3.05, 3.63) is 42.1 Å². The SMILES string of the molecule is N=CCc1ccc(Nc2nccc(N=C(N)CC(=N)C3CC3)n2)cc1. The summed E-state index contributed by atoms with van der Waals surface area (Å²) in [6.45, 7) is 0. The maximum Gasteiger partial charge on any atom is 0.229 e. The summed E-state index contributed by atoms with van der Waals surface area (Å²) in [4.78, 5) is 12.8. The largest absolute Gasteiger partial charge is 0.387 e. The van der Waals surface area contributed by atoms with Crippen molar-refractivity contribution in [2.45, 2.75) is 25.7 Å². The number of nitrogens with zero attached hydrogens (tertiary/aromatic N) is 3. The molecule has 2 aromatic rings. The van der Waals surface area contributed by atoms with Gasteiger partial charge in [-0.05, 0) is 42.7 Å². The van der Waals surface area contributed by atoms with E-state index in [-0.39, 0.29) is 0 Å². The smallest absolute Gasteiger partial charge is 0.229 e. The van der Waals surface area contributed by atoms with Gasteiger partial charge in [0.1, 0.15) is 5.84 Å². The fourth-order valence-corrected chi connectivity index (χ4v) is 2.40. The van der Waals surface area contributed by atoms with Crippen LogP contribution < -0.4 is 11.1 Å². The Morgan fingerprint density at radius 1 is 1.28 bits per heavy atom. The van der Waals surface area contributed by atoms with E-state index in [2.05, 4.69) is 20.3 Å². The molecule has 1 aliphatic carbocycles. The van der Waals surface area contributed by atoms with Crippen LogP contribution in [0.4, 0.5) is 17.5 Å². The quantitative estimate of drug-likeness (QED) is 0.436. The first-order valence-electron chi connectivity index (χ1n) is 8.22. The molecule has 25 heavy (non-hydrogen) atoms. The van der Waals surface area contributed by atoms with Crippen LogP contribution in [0.3, 0.4) is 0 Å². The third kappa shape index (κ3) is 4.94. The molecule has 1 aromatic heterocycles. The highest BCUT2D eigenvalue weighted by Gasteiger charge is 2.26. The van der Waals surface area contributed by atoms with Gasteiger partial charge in [-0.3, -0.25) is 0 Å². The number of benzene rings is 1. The Labute approximate surface area is 146 Å². The number of amidine groups is 1. The Morgan fingerprint density at radius 2 is 2.04 bits per heavy atom. The van der Waals surface area contributed by atoms with Gasteiger partial charge in [-0.25, -0.2) is 9.98 Å². The number of hydrogen-bond acceptors (Lipinski definition) is 6. The van der Waals surface area contributed by atoms with Crippen molar-refractivity contribution in [3.63, 3.8) is 0 Å². The van der Waals surface area contributed by atoms with Crippen LogP contribution in [-0.4, -0.2) is 27.7 Å². The molecule has 0 radical (unpaired) electrons. The predicted molar refractivity (Wildman–Crippen MR) is 101 cm³/mol. The van der Waals surface area contributed by atoms with Gasteiger partial charge in [-0.15, -0.1) is 0 Å². The van der Waals surface area contributed by atoms with E-state index >= 15 is 0 Å². The highest BCUT2D eigenvalue weighted by molar-refractivity contribution is 6.03. The molecule has 1 fully saturated rings. The first kappa shape index (κ1) is 16.8. The summed E-state index contributed by atoms with van der Waals surface area (Å²) in [7, 11) is 0. The van der Waals surface area contributed by atoms with E-state index < -0.39 is 0 Å². The van der Waals surface area contributed by atoms with Crippen molar-refractivity contribution in [3.8, 4) is 0 Å². The molecule has 0 atom stereocenters. The number of rotatable bonds is 8. The molecule has 0 bridgehead atoms. The minimum atomic E-state index is 0.395. The summed E-state index contributed by atoms with van der Waals surface area (Å²) < 4.78 is 0. The Balaban J connectivity index is 1.66. The van der Waals surface area contributed by atoms with Gasteiger partial charge in [-0.1, -0.05) is 12.1 Å². The second kappa shape index (κ2) is 7.65. The van der Waals surface area contributed by atoms with E-state index in [0.717, 1.165) is 24.1 Å². The van der Waals surface area contributed by atoms with Crippen molar-refractivity contribution in [1.29, 1.82) is 10.8 Å². The molecule has 1 aromatic carbocycles. The third-order valence-corrected chi connectivity index (χ3v) is 3.89.